The van der Waals surface area contributed by atoms with Crippen LogP contribution < -0.4 is 10.1 Å². The Morgan fingerprint density at radius 3 is 2.81 bits per heavy atom. The molecule has 0 atom stereocenters. The normalized spacial score (nSPS) is 20.7. The highest BCUT2D eigenvalue weighted by Gasteiger charge is 2.41. The van der Waals surface area contributed by atoms with Gasteiger partial charge in [-0.1, -0.05) is 0 Å². The zero-order valence-corrected chi connectivity index (χ0v) is 12.4. The summed E-state index contributed by atoms with van der Waals surface area (Å²) >= 11 is 0. The topological polar surface area (TPSA) is 61.8 Å². The summed E-state index contributed by atoms with van der Waals surface area (Å²) < 4.78 is 5.14. The summed E-state index contributed by atoms with van der Waals surface area (Å²) in [5, 5.41) is 13.3. The van der Waals surface area contributed by atoms with E-state index in [4.69, 9.17) is 4.74 Å². The standard InChI is InChI=1S/C16H22N2O3/c1-21-12-2-3-14(19)13(10-12)15(20)18-9-6-16(11-18)4-7-17-8-5-16/h2-3,10,17,19H,4-9,11H2,1H3. The first-order valence-corrected chi connectivity index (χ1v) is 7.51. The largest absolute Gasteiger partial charge is 0.507 e. The number of nitrogens with one attached hydrogen (secondary N) is 1. The van der Waals surface area contributed by atoms with Gasteiger partial charge in [0.2, 0.25) is 0 Å². The molecule has 1 spiro atoms. The summed E-state index contributed by atoms with van der Waals surface area (Å²) in [6.07, 6.45) is 3.31. The van der Waals surface area contributed by atoms with E-state index in [1.165, 1.54) is 6.07 Å². The Hall–Kier alpha value is -1.75. The molecular formula is C16H22N2O3. The second-order valence-corrected chi connectivity index (χ2v) is 6.11. The molecule has 0 bridgehead atoms. The number of methoxy groups -OCH3 is 1. The van der Waals surface area contributed by atoms with E-state index in [1.54, 1.807) is 19.2 Å². The third-order valence-electron chi connectivity index (χ3n) is 4.82. The summed E-state index contributed by atoms with van der Waals surface area (Å²) in [6.45, 7) is 3.64. The predicted octanol–water partition coefficient (Wildman–Crippen LogP) is 1.62. The van der Waals surface area contributed by atoms with Crippen molar-refractivity contribution < 1.29 is 14.6 Å². The van der Waals surface area contributed by atoms with Gasteiger partial charge >= 0.3 is 0 Å². The highest BCUT2D eigenvalue weighted by atomic mass is 16.5. The minimum Gasteiger partial charge on any atom is -0.507 e. The van der Waals surface area contributed by atoms with Gasteiger partial charge in [-0.05, 0) is 56.0 Å². The maximum absolute atomic E-state index is 12.7. The highest BCUT2D eigenvalue weighted by molar-refractivity contribution is 5.97. The molecule has 3 rings (SSSR count). The van der Waals surface area contributed by atoms with Gasteiger partial charge in [-0.3, -0.25) is 4.79 Å². The molecule has 21 heavy (non-hydrogen) atoms. The maximum atomic E-state index is 12.7. The number of rotatable bonds is 2. The maximum Gasteiger partial charge on any atom is 0.257 e. The van der Waals surface area contributed by atoms with Crippen molar-refractivity contribution in [3.63, 3.8) is 0 Å². The van der Waals surface area contributed by atoms with Crippen molar-refractivity contribution in [2.24, 2.45) is 5.41 Å². The number of benzene rings is 1. The van der Waals surface area contributed by atoms with Crippen molar-refractivity contribution in [1.82, 2.24) is 10.2 Å². The van der Waals surface area contributed by atoms with Crippen molar-refractivity contribution in [3.8, 4) is 11.5 Å². The van der Waals surface area contributed by atoms with Crippen LogP contribution in [0.5, 0.6) is 11.5 Å². The van der Waals surface area contributed by atoms with Crippen LogP contribution in [0.3, 0.4) is 0 Å². The van der Waals surface area contributed by atoms with E-state index in [9.17, 15) is 9.90 Å². The van der Waals surface area contributed by atoms with Crippen LogP contribution in [-0.2, 0) is 0 Å². The lowest BCUT2D eigenvalue weighted by atomic mass is 9.78. The van der Waals surface area contributed by atoms with Gasteiger partial charge in [0.25, 0.3) is 5.91 Å². The van der Waals surface area contributed by atoms with Crippen molar-refractivity contribution in [2.75, 3.05) is 33.3 Å². The molecule has 0 saturated carbocycles. The average molecular weight is 290 g/mol. The Morgan fingerprint density at radius 1 is 1.33 bits per heavy atom. The second kappa shape index (κ2) is 5.56. The molecular weight excluding hydrogens is 268 g/mol. The van der Waals surface area contributed by atoms with Crippen LogP contribution in [0.25, 0.3) is 0 Å². The van der Waals surface area contributed by atoms with Crippen LogP contribution in [0, 0.1) is 5.41 Å². The molecule has 2 heterocycles. The van der Waals surface area contributed by atoms with Crippen LogP contribution in [0.1, 0.15) is 29.6 Å². The van der Waals surface area contributed by atoms with E-state index in [-0.39, 0.29) is 17.1 Å². The fourth-order valence-corrected chi connectivity index (χ4v) is 3.46. The summed E-state index contributed by atoms with van der Waals surface area (Å²) in [5.41, 5.74) is 0.607. The number of amides is 1. The van der Waals surface area contributed by atoms with Gasteiger partial charge < -0.3 is 20.1 Å². The minimum absolute atomic E-state index is 0.0204. The summed E-state index contributed by atoms with van der Waals surface area (Å²) in [7, 11) is 1.56. The number of carbonyl (C=O) groups excluding carboxylic acids is 1. The molecule has 1 amide bonds. The van der Waals surface area contributed by atoms with Crippen molar-refractivity contribution >= 4 is 5.91 Å². The highest BCUT2D eigenvalue weighted by Crippen LogP contribution is 2.39. The number of hydrogen-bond acceptors (Lipinski definition) is 4. The molecule has 114 valence electrons. The number of nitrogens with zero attached hydrogens (tertiary/aromatic N) is 1. The molecule has 2 fully saturated rings. The number of carbonyl (C=O) groups is 1. The molecule has 2 N–H and O–H groups in total. The van der Waals surface area contributed by atoms with Crippen LogP contribution in [0.2, 0.25) is 0 Å². The van der Waals surface area contributed by atoms with Crippen LogP contribution in [-0.4, -0.2) is 49.2 Å². The molecule has 1 aromatic rings. The van der Waals surface area contributed by atoms with Crippen LogP contribution in [0.15, 0.2) is 18.2 Å². The first-order chi connectivity index (χ1) is 10.1. The molecule has 0 radical (unpaired) electrons. The van der Waals surface area contributed by atoms with Crippen LogP contribution >= 0.6 is 0 Å². The Bertz CT molecular complexity index is 538. The zero-order chi connectivity index (χ0) is 14.9. The van der Waals surface area contributed by atoms with Crippen molar-refractivity contribution in [1.29, 1.82) is 0 Å². The summed E-state index contributed by atoms with van der Waals surface area (Å²) in [5.74, 6) is 0.515. The number of likely N-dealkylation sites (tertiary alicyclic amines) is 1. The fraction of sp³-hybridized carbons (Fsp3) is 0.562. The van der Waals surface area contributed by atoms with Gasteiger partial charge in [0, 0.05) is 13.1 Å². The van der Waals surface area contributed by atoms with Crippen molar-refractivity contribution in [3.05, 3.63) is 23.8 Å². The number of piperidine rings is 1. The average Bonchev–Trinajstić information content (AvgIpc) is 2.91. The minimum atomic E-state index is -0.0955. The summed E-state index contributed by atoms with van der Waals surface area (Å²) in [4.78, 5) is 14.5. The SMILES string of the molecule is COc1ccc(O)c(C(=O)N2CCC3(CCNCC3)C2)c1. The van der Waals surface area contributed by atoms with Gasteiger partial charge in [-0.2, -0.15) is 0 Å². The molecule has 1 aromatic carbocycles. The number of phenolic OH excluding ortho intramolecular Hbond substituents is 1. The number of phenols is 1. The molecule has 2 aliphatic heterocycles. The molecule has 0 aromatic heterocycles. The summed E-state index contributed by atoms with van der Waals surface area (Å²) in [6, 6.07) is 4.79. The lowest BCUT2D eigenvalue weighted by molar-refractivity contribution is 0.0758. The van der Waals surface area contributed by atoms with E-state index >= 15 is 0 Å². The van der Waals surface area contributed by atoms with Gasteiger partial charge in [-0.15, -0.1) is 0 Å². The quantitative estimate of drug-likeness (QED) is 0.869. The molecule has 0 aliphatic carbocycles. The number of aromatic hydroxyl groups is 1. The Morgan fingerprint density at radius 2 is 2.10 bits per heavy atom. The lowest BCUT2D eigenvalue weighted by Gasteiger charge is -2.33. The lowest BCUT2D eigenvalue weighted by Crippen LogP contribution is -2.39. The number of hydrogen-bond donors (Lipinski definition) is 2. The zero-order valence-electron chi connectivity index (χ0n) is 12.4. The molecule has 2 saturated heterocycles. The monoisotopic (exact) mass is 290 g/mol. The van der Waals surface area contributed by atoms with E-state index in [1.807, 2.05) is 4.90 Å². The van der Waals surface area contributed by atoms with Gasteiger partial charge in [0.1, 0.15) is 11.5 Å². The molecule has 5 nitrogen and oxygen atoms in total. The first-order valence-electron chi connectivity index (χ1n) is 7.51. The van der Waals surface area contributed by atoms with Gasteiger partial charge in [0.15, 0.2) is 0 Å². The smallest absolute Gasteiger partial charge is 0.257 e. The van der Waals surface area contributed by atoms with Crippen LogP contribution in [0.4, 0.5) is 0 Å². The van der Waals surface area contributed by atoms with E-state index < -0.39 is 0 Å². The van der Waals surface area contributed by atoms with Gasteiger partial charge in [0.05, 0.1) is 12.7 Å². The third-order valence-corrected chi connectivity index (χ3v) is 4.82. The Labute approximate surface area is 124 Å². The second-order valence-electron chi connectivity index (χ2n) is 6.11. The molecule has 2 aliphatic rings. The van der Waals surface area contributed by atoms with E-state index in [0.29, 0.717) is 11.3 Å². The van der Waals surface area contributed by atoms with E-state index in [0.717, 1.165) is 45.4 Å². The Kier molecular flexibility index (Phi) is 3.76. The fourth-order valence-electron chi connectivity index (χ4n) is 3.46. The molecule has 0 unspecified atom stereocenters. The third kappa shape index (κ3) is 2.70. The van der Waals surface area contributed by atoms with Crippen molar-refractivity contribution in [2.45, 2.75) is 19.3 Å². The van der Waals surface area contributed by atoms with Gasteiger partial charge in [-0.25, -0.2) is 0 Å². The number of ether oxygens (including phenoxy) is 1. The Balaban J connectivity index is 1.77. The predicted molar refractivity (Wildman–Crippen MR) is 79.7 cm³/mol. The first kappa shape index (κ1) is 14.2. The molecule has 5 heteroatoms. The van der Waals surface area contributed by atoms with E-state index in [2.05, 4.69) is 5.32 Å².